The normalized spacial score (nSPS) is 10.6. The van der Waals surface area contributed by atoms with Crippen LogP contribution in [0.2, 0.25) is 0 Å². The summed E-state index contributed by atoms with van der Waals surface area (Å²) in [6.45, 7) is 0.364. The van der Waals surface area contributed by atoms with E-state index in [1.807, 2.05) is 0 Å². The molecule has 16 heavy (non-hydrogen) atoms. The van der Waals surface area contributed by atoms with Crippen molar-refractivity contribution in [2.45, 2.75) is 13.0 Å². The summed E-state index contributed by atoms with van der Waals surface area (Å²) in [5.74, 6) is -0.0588. The molecule has 0 spiro atoms. The van der Waals surface area contributed by atoms with Gasteiger partial charge in [0.15, 0.2) is 5.78 Å². The van der Waals surface area contributed by atoms with Crippen molar-refractivity contribution in [3.8, 4) is 0 Å². The molecule has 0 radical (unpaired) electrons. The van der Waals surface area contributed by atoms with Crippen molar-refractivity contribution in [2.24, 2.45) is 12.8 Å². The van der Waals surface area contributed by atoms with Gasteiger partial charge < -0.3 is 5.73 Å². The number of carbonyl (C=O) groups is 1. The number of aromatic nitrogens is 4. The first-order chi connectivity index (χ1) is 7.69. The van der Waals surface area contributed by atoms with Gasteiger partial charge in [0, 0.05) is 25.2 Å². The zero-order valence-electron chi connectivity index (χ0n) is 8.75. The van der Waals surface area contributed by atoms with Gasteiger partial charge in [0.25, 0.3) is 0 Å². The number of carbonyl (C=O) groups excluding carboxylic acids is 1. The Morgan fingerprint density at radius 1 is 1.62 bits per heavy atom. The van der Waals surface area contributed by atoms with Crippen molar-refractivity contribution in [1.82, 2.24) is 20.0 Å². The van der Waals surface area contributed by atoms with E-state index in [1.165, 1.54) is 11.3 Å². The lowest BCUT2D eigenvalue weighted by Crippen LogP contribution is -2.05. The van der Waals surface area contributed by atoms with Gasteiger partial charge in [-0.1, -0.05) is 5.21 Å². The van der Waals surface area contributed by atoms with Crippen LogP contribution in [0, 0.1) is 0 Å². The number of hydrogen-bond acceptors (Lipinski definition) is 6. The topological polar surface area (TPSA) is 86.7 Å². The van der Waals surface area contributed by atoms with E-state index in [0.717, 1.165) is 5.01 Å². The standard InChI is InChI=1S/C9H11N5OS/c1-14-4-6(12-13-14)2-8(15)7-5-16-9(3-10)11-7/h4-5H,2-3,10H2,1H3. The average Bonchev–Trinajstić information content (AvgIpc) is 2.87. The van der Waals surface area contributed by atoms with Gasteiger partial charge in [-0.25, -0.2) is 4.98 Å². The van der Waals surface area contributed by atoms with Crippen LogP contribution >= 0.6 is 11.3 Å². The zero-order valence-corrected chi connectivity index (χ0v) is 9.57. The molecule has 6 nitrogen and oxygen atoms in total. The van der Waals surface area contributed by atoms with Crippen molar-refractivity contribution in [3.63, 3.8) is 0 Å². The van der Waals surface area contributed by atoms with Crippen LogP contribution in [0.4, 0.5) is 0 Å². The number of aryl methyl sites for hydroxylation is 1. The molecule has 2 heterocycles. The van der Waals surface area contributed by atoms with Gasteiger partial charge in [-0.2, -0.15) is 0 Å². The van der Waals surface area contributed by atoms with E-state index in [2.05, 4.69) is 15.3 Å². The van der Waals surface area contributed by atoms with E-state index in [0.29, 0.717) is 17.9 Å². The van der Waals surface area contributed by atoms with Crippen molar-refractivity contribution >= 4 is 17.1 Å². The summed E-state index contributed by atoms with van der Waals surface area (Å²) in [4.78, 5) is 15.9. The highest BCUT2D eigenvalue weighted by Crippen LogP contribution is 2.11. The number of thiazole rings is 1. The maximum absolute atomic E-state index is 11.8. The third-order valence-electron chi connectivity index (χ3n) is 2.00. The Bertz CT molecular complexity index is 503. The highest BCUT2D eigenvalue weighted by molar-refractivity contribution is 7.09. The van der Waals surface area contributed by atoms with Crippen molar-refractivity contribution in [3.05, 3.63) is 28.0 Å². The lowest BCUT2D eigenvalue weighted by Gasteiger charge is -1.92. The van der Waals surface area contributed by atoms with E-state index in [4.69, 9.17) is 5.73 Å². The number of nitrogens with zero attached hydrogens (tertiary/aromatic N) is 4. The van der Waals surface area contributed by atoms with Crippen LogP contribution in [0.3, 0.4) is 0 Å². The second-order valence-corrected chi connectivity index (χ2v) is 4.26. The fourth-order valence-electron chi connectivity index (χ4n) is 1.26. The van der Waals surface area contributed by atoms with E-state index in [9.17, 15) is 4.79 Å². The monoisotopic (exact) mass is 237 g/mol. The average molecular weight is 237 g/mol. The molecule has 0 aromatic carbocycles. The third kappa shape index (κ3) is 2.31. The molecule has 0 amide bonds. The van der Waals surface area contributed by atoms with E-state index < -0.39 is 0 Å². The van der Waals surface area contributed by atoms with Crippen molar-refractivity contribution in [1.29, 1.82) is 0 Å². The summed E-state index contributed by atoms with van der Waals surface area (Å²) >= 11 is 1.40. The number of ketones is 1. The maximum atomic E-state index is 11.8. The van der Waals surface area contributed by atoms with Crippen LogP contribution in [0.1, 0.15) is 21.2 Å². The summed E-state index contributed by atoms with van der Waals surface area (Å²) in [6, 6.07) is 0. The second-order valence-electron chi connectivity index (χ2n) is 3.31. The molecule has 0 saturated carbocycles. The van der Waals surface area contributed by atoms with Crippen LogP contribution in [-0.4, -0.2) is 25.8 Å². The molecule has 2 rings (SSSR count). The molecule has 0 aliphatic carbocycles. The summed E-state index contributed by atoms with van der Waals surface area (Å²) < 4.78 is 1.56. The molecule has 84 valence electrons. The second kappa shape index (κ2) is 4.50. The minimum atomic E-state index is -0.0588. The maximum Gasteiger partial charge on any atom is 0.188 e. The first kappa shape index (κ1) is 10.9. The molecule has 0 saturated heterocycles. The van der Waals surface area contributed by atoms with Crippen molar-refractivity contribution < 1.29 is 4.79 Å². The largest absolute Gasteiger partial charge is 0.325 e. The summed E-state index contributed by atoms with van der Waals surface area (Å²) in [6.07, 6.45) is 1.94. The Labute approximate surface area is 96.1 Å². The Balaban J connectivity index is 2.08. The number of Topliss-reactive ketones (excluding diaryl/α,β-unsaturated/α-hetero) is 1. The molecule has 2 aromatic rings. The van der Waals surface area contributed by atoms with E-state index >= 15 is 0 Å². The minimum absolute atomic E-state index is 0.0588. The molecule has 0 aliphatic rings. The Hall–Kier alpha value is -1.60. The summed E-state index contributed by atoms with van der Waals surface area (Å²) in [5.41, 5.74) is 6.53. The van der Waals surface area contributed by atoms with Crippen LogP contribution < -0.4 is 5.73 Å². The summed E-state index contributed by atoms with van der Waals surface area (Å²) in [7, 11) is 1.76. The van der Waals surface area contributed by atoms with E-state index in [-0.39, 0.29) is 12.2 Å². The fourth-order valence-corrected chi connectivity index (χ4v) is 1.94. The summed E-state index contributed by atoms with van der Waals surface area (Å²) in [5, 5.41) is 10.1. The van der Waals surface area contributed by atoms with Crippen molar-refractivity contribution in [2.75, 3.05) is 0 Å². The molecule has 0 atom stereocenters. The third-order valence-corrected chi connectivity index (χ3v) is 2.87. The van der Waals surface area contributed by atoms with Gasteiger partial charge in [0.1, 0.15) is 10.7 Å². The van der Waals surface area contributed by atoms with Gasteiger partial charge in [-0.15, -0.1) is 16.4 Å². The number of hydrogen-bond donors (Lipinski definition) is 1. The fraction of sp³-hybridized carbons (Fsp3) is 0.333. The molecule has 0 aliphatic heterocycles. The SMILES string of the molecule is Cn1cc(CC(=O)c2csc(CN)n2)nn1. The molecule has 0 bridgehead atoms. The molecule has 2 N–H and O–H groups in total. The highest BCUT2D eigenvalue weighted by Gasteiger charge is 2.12. The van der Waals surface area contributed by atoms with Gasteiger partial charge in [0.2, 0.25) is 0 Å². The van der Waals surface area contributed by atoms with Gasteiger partial charge in [0.05, 0.1) is 12.1 Å². The van der Waals surface area contributed by atoms with Gasteiger partial charge in [-0.05, 0) is 0 Å². The predicted octanol–water partition coefficient (Wildman–Crippen LogP) is 0.156. The predicted molar refractivity (Wildman–Crippen MR) is 59.0 cm³/mol. The lowest BCUT2D eigenvalue weighted by molar-refractivity contribution is 0.0987. The Morgan fingerprint density at radius 3 is 3.00 bits per heavy atom. The smallest absolute Gasteiger partial charge is 0.188 e. The zero-order chi connectivity index (χ0) is 11.5. The molecule has 7 heteroatoms. The first-order valence-electron chi connectivity index (χ1n) is 4.72. The lowest BCUT2D eigenvalue weighted by atomic mass is 10.2. The van der Waals surface area contributed by atoms with Gasteiger partial charge >= 0.3 is 0 Å². The van der Waals surface area contributed by atoms with Crippen LogP contribution in [0.15, 0.2) is 11.6 Å². The molecule has 2 aromatic heterocycles. The molecular formula is C9H11N5OS. The Morgan fingerprint density at radius 2 is 2.44 bits per heavy atom. The van der Waals surface area contributed by atoms with Crippen LogP contribution in [0.5, 0.6) is 0 Å². The van der Waals surface area contributed by atoms with Crippen LogP contribution in [0.25, 0.3) is 0 Å². The minimum Gasteiger partial charge on any atom is -0.325 e. The quantitative estimate of drug-likeness (QED) is 0.765. The molecule has 0 fully saturated rings. The number of rotatable bonds is 4. The van der Waals surface area contributed by atoms with Gasteiger partial charge in [-0.3, -0.25) is 9.48 Å². The Kier molecular flexibility index (Phi) is 3.07. The highest BCUT2D eigenvalue weighted by atomic mass is 32.1. The van der Waals surface area contributed by atoms with E-state index in [1.54, 1.807) is 23.3 Å². The first-order valence-corrected chi connectivity index (χ1v) is 5.60. The van der Waals surface area contributed by atoms with Crippen LogP contribution in [-0.2, 0) is 20.0 Å². The number of nitrogens with two attached hydrogens (primary N) is 1. The molecule has 0 unspecified atom stereocenters. The molecular weight excluding hydrogens is 226 g/mol.